The molecule has 2 aromatic rings. The van der Waals surface area contributed by atoms with Gasteiger partial charge in [0.15, 0.2) is 0 Å². The number of nitrogens with one attached hydrogen (secondary N) is 2. The van der Waals surface area contributed by atoms with E-state index < -0.39 is 29.8 Å². The molecule has 0 unspecified atom stereocenters. The van der Waals surface area contributed by atoms with Gasteiger partial charge in [-0.2, -0.15) is 0 Å². The van der Waals surface area contributed by atoms with Gasteiger partial charge in [0, 0.05) is 6.54 Å². The van der Waals surface area contributed by atoms with Crippen molar-refractivity contribution in [1.82, 2.24) is 10.6 Å². The average molecular weight is 440 g/mol. The summed E-state index contributed by atoms with van der Waals surface area (Å²) in [5, 5.41) is 14.2. The number of carbonyl (C=O) groups excluding carboxylic acids is 2. The van der Waals surface area contributed by atoms with Crippen LogP contribution in [0.15, 0.2) is 42.5 Å². The molecule has 1 aliphatic rings. The second kappa shape index (κ2) is 9.72. The fourth-order valence-electron chi connectivity index (χ4n) is 3.58. The molecule has 32 heavy (non-hydrogen) atoms. The summed E-state index contributed by atoms with van der Waals surface area (Å²) in [7, 11) is 0. The van der Waals surface area contributed by atoms with E-state index >= 15 is 0 Å². The highest BCUT2D eigenvalue weighted by atomic mass is 16.6. The maximum Gasteiger partial charge on any atom is 0.408 e. The number of aliphatic carboxylic acids is 1. The average Bonchev–Trinajstić information content (AvgIpc) is 3.09. The molecule has 2 aromatic carbocycles. The van der Waals surface area contributed by atoms with Crippen LogP contribution in [0.1, 0.15) is 43.9 Å². The molecule has 3 rings (SSSR count). The molecule has 2 amide bonds. The molecule has 0 radical (unpaired) electrons. The predicted octanol–water partition coefficient (Wildman–Crippen LogP) is 3.85. The third-order valence-electron chi connectivity index (χ3n) is 5.00. The van der Waals surface area contributed by atoms with E-state index in [-0.39, 0.29) is 19.6 Å². The molecule has 170 valence electrons. The van der Waals surface area contributed by atoms with Gasteiger partial charge in [0.2, 0.25) is 0 Å². The third kappa shape index (κ3) is 6.00. The minimum atomic E-state index is -1.22. The first kappa shape index (κ1) is 23.1. The smallest absolute Gasteiger partial charge is 0.408 e. The van der Waals surface area contributed by atoms with Crippen molar-refractivity contribution >= 4 is 18.2 Å². The zero-order valence-corrected chi connectivity index (χ0v) is 18.4. The number of rotatable bonds is 7. The largest absolute Gasteiger partial charge is 0.480 e. The molecule has 1 aliphatic carbocycles. The van der Waals surface area contributed by atoms with Crippen LogP contribution in [-0.4, -0.2) is 41.4 Å². The maximum atomic E-state index is 12.2. The van der Waals surface area contributed by atoms with Gasteiger partial charge in [-0.1, -0.05) is 42.5 Å². The molecule has 1 atom stereocenters. The summed E-state index contributed by atoms with van der Waals surface area (Å²) in [4.78, 5) is 35.4. The number of carbonyl (C=O) groups is 3. The molecule has 0 fully saturated rings. The molecule has 0 heterocycles. The van der Waals surface area contributed by atoms with E-state index in [4.69, 9.17) is 9.47 Å². The Bertz CT molecular complexity index is 1010. The Hall–Kier alpha value is -3.55. The number of hydrogen-bond donors (Lipinski definition) is 3. The number of alkyl carbamates (subject to hydrolysis) is 2. The zero-order valence-electron chi connectivity index (χ0n) is 18.4. The standard InChI is InChI=1S/C24H28N2O6/c1-24(2,3)32-22(29)25-12-11-20(21(27)28)26-23(30)31-14-16-8-6-10-18-17-9-5-4-7-15(17)13-19(16)18/h4-10,20H,11-14H2,1-3H3,(H,25,29)(H,26,30)(H,27,28)/t20-/m0/s1. The van der Waals surface area contributed by atoms with E-state index in [0.29, 0.717) is 0 Å². The molecular formula is C24H28N2O6. The quantitative estimate of drug-likeness (QED) is 0.514. The summed E-state index contributed by atoms with van der Waals surface area (Å²) in [5.74, 6) is -1.22. The summed E-state index contributed by atoms with van der Waals surface area (Å²) < 4.78 is 10.4. The molecule has 3 N–H and O–H groups in total. The Labute approximate surface area is 186 Å². The van der Waals surface area contributed by atoms with Gasteiger partial charge in [-0.15, -0.1) is 0 Å². The molecule has 8 nitrogen and oxygen atoms in total. The van der Waals surface area contributed by atoms with Crippen LogP contribution < -0.4 is 10.6 Å². The van der Waals surface area contributed by atoms with Crippen LogP contribution in [0.3, 0.4) is 0 Å². The molecule has 8 heteroatoms. The normalized spacial score (nSPS) is 12.8. The molecule has 0 saturated heterocycles. The van der Waals surface area contributed by atoms with E-state index in [1.807, 2.05) is 30.3 Å². The van der Waals surface area contributed by atoms with Gasteiger partial charge in [0.1, 0.15) is 18.2 Å². The highest BCUT2D eigenvalue weighted by molar-refractivity contribution is 5.80. The lowest BCUT2D eigenvalue weighted by Crippen LogP contribution is -2.43. The number of ether oxygens (including phenoxy) is 2. The molecule has 0 aromatic heterocycles. The van der Waals surface area contributed by atoms with Crippen LogP contribution >= 0.6 is 0 Å². The Morgan fingerprint density at radius 2 is 1.75 bits per heavy atom. The van der Waals surface area contributed by atoms with Gasteiger partial charge in [-0.25, -0.2) is 14.4 Å². The number of carboxylic acid groups (broad SMARTS) is 1. The maximum absolute atomic E-state index is 12.2. The van der Waals surface area contributed by atoms with E-state index in [1.165, 1.54) is 11.1 Å². The molecule has 0 spiro atoms. The monoisotopic (exact) mass is 440 g/mol. The molecule has 0 bridgehead atoms. The Kier molecular flexibility index (Phi) is 7.02. The second-order valence-corrected chi connectivity index (χ2v) is 8.61. The van der Waals surface area contributed by atoms with E-state index in [9.17, 15) is 19.5 Å². The van der Waals surface area contributed by atoms with E-state index in [0.717, 1.165) is 23.1 Å². The van der Waals surface area contributed by atoms with Crippen molar-refractivity contribution in [2.24, 2.45) is 0 Å². The lowest BCUT2D eigenvalue weighted by molar-refractivity contribution is -0.139. The van der Waals surface area contributed by atoms with Crippen molar-refractivity contribution in [1.29, 1.82) is 0 Å². The predicted molar refractivity (Wildman–Crippen MR) is 118 cm³/mol. The number of hydrogen-bond acceptors (Lipinski definition) is 5. The second-order valence-electron chi connectivity index (χ2n) is 8.61. The summed E-state index contributed by atoms with van der Waals surface area (Å²) in [6.45, 7) is 5.24. The SMILES string of the molecule is CC(C)(C)OC(=O)NCC[C@H](NC(=O)OCc1cccc2c1Cc1ccccc1-2)C(=O)O. The van der Waals surface area contributed by atoms with Crippen LogP contribution in [0, 0.1) is 0 Å². The van der Waals surface area contributed by atoms with Crippen molar-refractivity contribution < 1.29 is 29.0 Å². The fraction of sp³-hybridized carbons (Fsp3) is 0.375. The van der Waals surface area contributed by atoms with Gasteiger partial charge in [0.05, 0.1) is 0 Å². The van der Waals surface area contributed by atoms with Crippen molar-refractivity contribution in [2.75, 3.05) is 6.54 Å². The summed E-state index contributed by atoms with van der Waals surface area (Å²) in [5.41, 5.74) is 4.86. The lowest BCUT2D eigenvalue weighted by Gasteiger charge is -2.20. The van der Waals surface area contributed by atoms with Crippen molar-refractivity contribution in [3.8, 4) is 11.1 Å². The zero-order chi connectivity index (χ0) is 23.3. The van der Waals surface area contributed by atoms with E-state index in [1.54, 1.807) is 20.8 Å². The Morgan fingerprint density at radius 3 is 2.47 bits per heavy atom. The third-order valence-corrected chi connectivity index (χ3v) is 5.00. The fourth-order valence-corrected chi connectivity index (χ4v) is 3.58. The van der Waals surface area contributed by atoms with Gasteiger partial charge in [-0.3, -0.25) is 0 Å². The van der Waals surface area contributed by atoms with Crippen LogP contribution in [0.2, 0.25) is 0 Å². The van der Waals surface area contributed by atoms with Gasteiger partial charge in [-0.05, 0) is 61.4 Å². The first-order valence-corrected chi connectivity index (χ1v) is 10.5. The number of carboxylic acids is 1. The first-order valence-electron chi connectivity index (χ1n) is 10.5. The van der Waals surface area contributed by atoms with Gasteiger partial charge in [0.25, 0.3) is 0 Å². The summed E-state index contributed by atoms with van der Waals surface area (Å²) in [6.07, 6.45) is -0.730. The number of fused-ring (bicyclic) bond motifs is 3. The van der Waals surface area contributed by atoms with Gasteiger partial charge >= 0.3 is 18.2 Å². The molecule has 0 saturated carbocycles. The van der Waals surface area contributed by atoms with Crippen LogP contribution in [0.5, 0.6) is 0 Å². The van der Waals surface area contributed by atoms with Crippen LogP contribution in [0.25, 0.3) is 11.1 Å². The van der Waals surface area contributed by atoms with E-state index in [2.05, 4.69) is 22.8 Å². The molecular weight excluding hydrogens is 412 g/mol. The van der Waals surface area contributed by atoms with Crippen molar-refractivity contribution in [3.05, 3.63) is 59.2 Å². The Balaban J connectivity index is 1.52. The Morgan fingerprint density at radius 1 is 1.03 bits per heavy atom. The number of amides is 2. The topological polar surface area (TPSA) is 114 Å². The highest BCUT2D eigenvalue weighted by Crippen LogP contribution is 2.38. The number of benzene rings is 2. The summed E-state index contributed by atoms with van der Waals surface area (Å²) >= 11 is 0. The highest BCUT2D eigenvalue weighted by Gasteiger charge is 2.23. The lowest BCUT2D eigenvalue weighted by atomic mass is 10.0. The first-order chi connectivity index (χ1) is 15.1. The van der Waals surface area contributed by atoms with Crippen molar-refractivity contribution in [3.63, 3.8) is 0 Å². The van der Waals surface area contributed by atoms with Crippen LogP contribution in [-0.2, 0) is 27.3 Å². The minimum Gasteiger partial charge on any atom is -0.480 e. The minimum absolute atomic E-state index is 0.0142. The van der Waals surface area contributed by atoms with Crippen LogP contribution in [0.4, 0.5) is 9.59 Å². The summed E-state index contributed by atoms with van der Waals surface area (Å²) in [6, 6.07) is 12.8. The van der Waals surface area contributed by atoms with Gasteiger partial charge < -0.3 is 25.2 Å². The van der Waals surface area contributed by atoms with Crippen molar-refractivity contribution in [2.45, 2.75) is 51.9 Å². The molecule has 0 aliphatic heterocycles.